The molecule has 36 heavy (non-hydrogen) atoms. The highest BCUT2D eigenvalue weighted by molar-refractivity contribution is 9.10. The van der Waals surface area contributed by atoms with Gasteiger partial charge in [0.15, 0.2) is 0 Å². The normalized spacial score (nSPS) is 16.0. The Bertz CT molecular complexity index is 1290. The van der Waals surface area contributed by atoms with Crippen molar-refractivity contribution in [2.75, 3.05) is 28.8 Å². The van der Waals surface area contributed by atoms with Crippen LogP contribution in [0.4, 0.5) is 11.4 Å². The van der Waals surface area contributed by atoms with E-state index in [1.165, 1.54) is 18.5 Å². The Labute approximate surface area is 222 Å². The number of halogens is 1. The van der Waals surface area contributed by atoms with Crippen molar-refractivity contribution in [2.24, 2.45) is 5.92 Å². The Morgan fingerprint density at radius 3 is 2.47 bits per heavy atom. The van der Waals surface area contributed by atoms with Gasteiger partial charge in [-0.15, -0.1) is 0 Å². The topological polar surface area (TPSA) is 69.7 Å². The number of piperidine rings is 1. The Morgan fingerprint density at radius 1 is 1.08 bits per heavy atom. The number of carbonyl (C=O) groups excluding carboxylic acids is 1. The number of carbonyl (C=O) groups is 1. The second kappa shape index (κ2) is 11.5. The monoisotopic (exact) mass is 569 g/mol. The first kappa shape index (κ1) is 26.2. The highest BCUT2D eigenvalue weighted by Crippen LogP contribution is 2.27. The number of sulfonamides is 1. The zero-order valence-corrected chi connectivity index (χ0v) is 23.1. The van der Waals surface area contributed by atoms with Crippen LogP contribution in [0.1, 0.15) is 30.9 Å². The summed E-state index contributed by atoms with van der Waals surface area (Å²) in [5, 5.41) is 2.88. The van der Waals surface area contributed by atoms with E-state index in [4.69, 9.17) is 0 Å². The van der Waals surface area contributed by atoms with Crippen molar-refractivity contribution in [3.05, 3.63) is 88.4 Å². The molecule has 1 aliphatic rings. The van der Waals surface area contributed by atoms with Crippen molar-refractivity contribution in [1.29, 1.82) is 0 Å². The van der Waals surface area contributed by atoms with Gasteiger partial charge in [-0.1, -0.05) is 58.7 Å². The summed E-state index contributed by atoms with van der Waals surface area (Å²) in [6, 6.07) is 21.8. The Balaban J connectivity index is 1.46. The summed E-state index contributed by atoms with van der Waals surface area (Å²) in [5.41, 5.74) is 3.54. The van der Waals surface area contributed by atoms with E-state index in [0.29, 0.717) is 18.2 Å². The molecule has 1 atom stereocenters. The minimum atomic E-state index is -3.94. The summed E-state index contributed by atoms with van der Waals surface area (Å²) < 4.78 is 28.9. The molecule has 1 saturated heterocycles. The molecule has 1 heterocycles. The Kier molecular flexibility index (Phi) is 8.36. The lowest BCUT2D eigenvalue weighted by atomic mass is 9.99. The minimum absolute atomic E-state index is 0.142. The zero-order valence-electron chi connectivity index (χ0n) is 20.7. The van der Waals surface area contributed by atoms with Gasteiger partial charge in [-0.3, -0.25) is 9.10 Å². The molecule has 0 saturated carbocycles. The first-order chi connectivity index (χ1) is 17.2. The standard InChI is InChI=1S/C28H32BrN3O3S/c1-21-8-14-27(15-9-21)36(34,35)32(26-7-3-6-24(29)17-26)20-28(33)30-18-23-10-12-25(13-11-23)31-16-4-5-22(2)19-31/h3,6-15,17,22H,4-5,16,18-20H2,1-2H3,(H,30,33). The molecule has 0 radical (unpaired) electrons. The van der Waals surface area contributed by atoms with Crippen molar-refractivity contribution in [3.8, 4) is 0 Å². The van der Waals surface area contributed by atoms with Crippen LogP contribution in [0, 0.1) is 12.8 Å². The van der Waals surface area contributed by atoms with Crippen LogP contribution < -0.4 is 14.5 Å². The van der Waals surface area contributed by atoms with Crippen LogP contribution in [-0.2, 0) is 21.4 Å². The summed E-state index contributed by atoms with van der Waals surface area (Å²) in [6.07, 6.45) is 2.48. The second-order valence-electron chi connectivity index (χ2n) is 9.44. The Hall–Kier alpha value is -2.84. The number of anilines is 2. The molecule has 1 unspecified atom stereocenters. The van der Waals surface area contributed by atoms with Crippen LogP contribution in [0.25, 0.3) is 0 Å². The van der Waals surface area contributed by atoms with Gasteiger partial charge in [0.05, 0.1) is 10.6 Å². The van der Waals surface area contributed by atoms with E-state index < -0.39 is 10.0 Å². The zero-order chi connectivity index (χ0) is 25.7. The number of hydrogen-bond acceptors (Lipinski definition) is 4. The molecule has 1 amide bonds. The summed E-state index contributed by atoms with van der Waals surface area (Å²) >= 11 is 3.40. The predicted octanol–water partition coefficient (Wildman–Crippen LogP) is 5.51. The van der Waals surface area contributed by atoms with Crippen molar-refractivity contribution in [2.45, 2.75) is 38.1 Å². The molecule has 0 spiro atoms. The van der Waals surface area contributed by atoms with Crippen LogP contribution in [0.2, 0.25) is 0 Å². The first-order valence-corrected chi connectivity index (χ1v) is 14.4. The number of amides is 1. The molecule has 0 aromatic heterocycles. The van der Waals surface area contributed by atoms with Crippen LogP contribution in [0.5, 0.6) is 0 Å². The predicted molar refractivity (Wildman–Crippen MR) is 149 cm³/mol. The SMILES string of the molecule is Cc1ccc(S(=O)(=O)N(CC(=O)NCc2ccc(N3CCCC(C)C3)cc2)c2cccc(Br)c2)cc1. The van der Waals surface area contributed by atoms with E-state index in [2.05, 4.69) is 45.2 Å². The number of rotatable bonds is 8. The second-order valence-corrected chi connectivity index (χ2v) is 12.2. The minimum Gasteiger partial charge on any atom is -0.371 e. The third-order valence-corrected chi connectivity index (χ3v) is 8.72. The van der Waals surface area contributed by atoms with Gasteiger partial charge in [0.25, 0.3) is 10.0 Å². The molecule has 4 rings (SSSR count). The van der Waals surface area contributed by atoms with E-state index in [1.807, 2.05) is 25.1 Å². The fourth-order valence-corrected chi connectivity index (χ4v) is 6.22. The largest absolute Gasteiger partial charge is 0.371 e. The van der Waals surface area contributed by atoms with E-state index >= 15 is 0 Å². The third kappa shape index (κ3) is 6.48. The number of nitrogens with zero attached hydrogens (tertiary/aromatic N) is 2. The molecule has 1 fully saturated rings. The molecule has 8 heteroatoms. The lowest BCUT2D eigenvalue weighted by Crippen LogP contribution is -2.40. The average molecular weight is 571 g/mol. The summed E-state index contributed by atoms with van der Waals surface area (Å²) in [4.78, 5) is 15.5. The highest BCUT2D eigenvalue weighted by Gasteiger charge is 2.27. The van der Waals surface area contributed by atoms with Crippen molar-refractivity contribution in [1.82, 2.24) is 5.32 Å². The molecule has 0 bridgehead atoms. The maximum Gasteiger partial charge on any atom is 0.264 e. The van der Waals surface area contributed by atoms with Crippen molar-refractivity contribution < 1.29 is 13.2 Å². The van der Waals surface area contributed by atoms with Crippen molar-refractivity contribution >= 4 is 43.2 Å². The van der Waals surface area contributed by atoms with Gasteiger partial charge >= 0.3 is 0 Å². The molecule has 3 aromatic carbocycles. The van der Waals surface area contributed by atoms with Crippen molar-refractivity contribution in [3.63, 3.8) is 0 Å². The maximum atomic E-state index is 13.5. The highest BCUT2D eigenvalue weighted by atomic mass is 79.9. The number of hydrogen-bond donors (Lipinski definition) is 1. The summed E-state index contributed by atoms with van der Waals surface area (Å²) in [7, 11) is -3.94. The third-order valence-electron chi connectivity index (χ3n) is 6.44. The van der Waals surface area contributed by atoms with Crippen LogP contribution >= 0.6 is 15.9 Å². The lowest BCUT2D eigenvalue weighted by Gasteiger charge is -2.32. The molecule has 6 nitrogen and oxygen atoms in total. The van der Waals surface area contributed by atoms with E-state index in [9.17, 15) is 13.2 Å². The average Bonchev–Trinajstić information content (AvgIpc) is 2.86. The van der Waals surface area contributed by atoms with Gasteiger partial charge < -0.3 is 10.2 Å². The molecule has 3 aromatic rings. The molecular weight excluding hydrogens is 538 g/mol. The fraction of sp³-hybridized carbons (Fsp3) is 0.321. The van der Waals surface area contributed by atoms with E-state index in [1.54, 1.807) is 42.5 Å². The number of nitrogens with one attached hydrogen (secondary N) is 1. The van der Waals surface area contributed by atoms with Crippen LogP contribution in [0.3, 0.4) is 0 Å². The van der Waals surface area contributed by atoms with Gasteiger partial charge in [0.2, 0.25) is 5.91 Å². The molecule has 190 valence electrons. The lowest BCUT2D eigenvalue weighted by molar-refractivity contribution is -0.119. The summed E-state index contributed by atoms with van der Waals surface area (Å²) in [5.74, 6) is 0.321. The molecule has 0 aliphatic carbocycles. The van der Waals surface area contributed by atoms with E-state index in [-0.39, 0.29) is 17.3 Å². The first-order valence-electron chi connectivity index (χ1n) is 12.2. The Morgan fingerprint density at radius 2 is 1.81 bits per heavy atom. The molecular formula is C28H32BrN3O3S. The van der Waals surface area contributed by atoms with Gasteiger partial charge in [-0.25, -0.2) is 8.42 Å². The van der Waals surface area contributed by atoms with Gasteiger partial charge in [-0.2, -0.15) is 0 Å². The number of aryl methyl sites for hydroxylation is 1. The molecule has 1 aliphatic heterocycles. The smallest absolute Gasteiger partial charge is 0.264 e. The van der Waals surface area contributed by atoms with Crippen LogP contribution in [-0.4, -0.2) is 34.0 Å². The van der Waals surface area contributed by atoms with E-state index in [0.717, 1.165) is 33.0 Å². The van der Waals surface area contributed by atoms with Gasteiger partial charge in [0.1, 0.15) is 6.54 Å². The summed E-state index contributed by atoms with van der Waals surface area (Å²) in [6.45, 7) is 6.32. The molecule has 1 N–H and O–H groups in total. The number of benzene rings is 3. The van der Waals surface area contributed by atoms with Gasteiger partial charge in [0, 0.05) is 29.8 Å². The van der Waals surface area contributed by atoms with Gasteiger partial charge in [-0.05, 0) is 73.7 Å². The fourth-order valence-electron chi connectivity index (χ4n) is 4.42. The van der Waals surface area contributed by atoms with Crippen LogP contribution in [0.15, 0.2) is 82.2 Å². The quantitative estimate of drug-likeness (QED) is 0.388. The maximum absolute atomic E-state index is 13.5.